The number of rotatable bonds is 6. The van der Waals surface area contributed by atoms with Gasteiger partial charge in [0.2, 0.25) is 5.91 Å². The number of aryl methyl sites for hydroxylation is 1. The summed E-state index contributed by atoms with van der Waals surface area (Å²) in [5.41, 5.74) is 2.17. The van der Waals surface area contributed by atoms with Crippen molar-refractivity contribution >= 4 is 5.91 Å². The second-order valence-corrected chi connectivity index (χ2v) is 3.50. The van der Waals surface area contributed by atoms with Gasteiger partial charge >= 0.3 is 0 Å². The minimum Gasteiger partial charge on any atom is -0.351 e. The van der Waals surface area contributed by atoms with E-state index in [1.54, 1.807) is 18.5 Å². The van der Waals surface area contributed by atoms with E-state index in [1.807, 2.05) is 13.0 Å². The molecule has 86 valence electrons. The maximum Gasteiger partial charge on any atom is 0.234 e. The van der Waals surface area contributed by atoms with Crippen LogP contribution in [0.15, 0.2) is 31.1 Å². The van der Waals surface area contributed by atoms with Gasteiger partial charge in [-0.1, -0.05) is 6.08 Å². The van der Waals surface area contributed by atoms with Gasteiger partial charge in [0.15, 0.2) is 0 Å². The molecule has 16 heavy (non-hydrogen) atoms. The highest BCUT2D eigenvalue weighted by atomic mass is 16.1. The molecule has 0 saturated heterocycles. The van der Waals surface area contributed by atoms with E-state index in [9.17, 15) is 4.79 Å². The Morgan fingerprint density at radius 1 is 1.62 bits per heavy atom. The Hall–Kier alpha value is -1.68. The van der Waals surface area contributed by atoms with E-state index >= 15 is 0 Å². The number of carbonyl (C=O) groups is 1. The largest absolute Gasteiger partial charge is 0.351 e. The van der Waals surface area contributed by atoms with Crippen molar-refractivity contribution in [2.45, 2.75) is 13.5 Å². The first-order valence-electron chi connectivity index (χ1n) is 5.22. The summed E-state index contributed by atoms with van der Waals surface area (Å²) in [7, 11) is 0. The number of carbonyl (C=O) groups excluding carboxylic acids is 1. The van der Waals surface area contributed by atoms with Crippen LogP contribution in [0.5, 0.6) is 0 Å². The Labute approximate surface area is 95.8 Å². The summed E-state index contributed by atoms with van der Waals surface area (Å²) in [6.45, 7) is 7.04. The van der Waals surface area contributed by atoms with Crippen molar-refractivity contribution in [2.75, 3.05) is 13.1 Å². The molecule has 0 saturated carbocycles. The van der Waals surface area contributed by atoms with E-state index in [1.165, 1.54) is 0 Å². The van der Waals surface area contributed by atoms with Gasteiger partial charge < -0.3 is 10.6 Å². The third-order valence-corrected chi connectivity index (χ3v) is 2.19. The molecule has 0 aliphatic heterocycles. The summed E-state index contributed by atoms with van der Waals surface area (Å²) in [6, 6.07) is 1.91. The van der Waals surface area contributed by atoms with Crippen molar-refractivity contribution in [3.8, 4) is 0 Å². The Morgan fingerprint density at radius 2 is 2.44 bits per heavy atom. The average molecular weight is 219 g/mol. The van der Waals surface area contributed by atoms with Gasteiger partial charge in [-0.2, -0.15) is 0 Å². The highest BCUT2D eigenvalue weighted by Gasteiger charge is 2.01. The topological polar surface area (TPSA) is 54.0 Å². The summed E-state index contributed by atoms with van der Waals surface area (Å²) < 4.78 is 0. The zero-order valence-electron chi connectivity index (χ0n) is 9.49. The van der Waals surface area contributed by atoms with Gasteiger partial charge in [0, 0.05) is 25.5 Å². The maximum absolute atomic E-state index is 11.4. The van der Waals surface area contributed by atoms with Crippen LogP contribution < -0.4 is 10.6 Å². The fourth-order valence-corrected chi connectivity index (χ4v) is 1.24. The highest BCUT2D eigenvalue weighted by molar-refractivity contribution is 5.78. The van der Waals surface area contributed by atoms with E-state index in [4.69, 9.17) is 0 Å². The normalized spacial score (nSPS) is 9.81. The van der Waals surface area contributed by atoms with Crippen LogP contribution in [-0.4, -0.2) is 24.0 Å². The van der Waals surface area contributed by atoms with Crippen LogP contribution in [0, 0.1) is 6.92 Å². The summed E-state index contributed by atoms with van der Waals surface area (Å²) in [4.78, 5) is 15.4. The molecular formula is C12H17N3O. The fraction of sp³-hybridized carbons (Fsp3) is 0.333. The monoisotopic (exact) mass is 219 g/mol. The molecule has 1 aromatic rings. The standard InChI is InChI=1S/C12H17N3O/c1-3-5-13-9-12(16)15-8-11-4-6-14-7-10(11)2/h3-4,6-7,13H,1,5,8-9H2,2H3,(H,15,16). The first-order valence-corrected chi connectivity index (χ1v) is 5.22. The van der Waals surface area contributed by atoms with E-state index < -0.39 is 0 Å². The Kier molecular flexibility index (Phi) is 5.22. The zero-order valence-corrected chi connectivity index (χ0v) is 9.49. The molecule has 0 radical (unpaired) electrons. The Morgan fingerprint density at radius 3 is 3.12 bits per heavy atom. The SMILES string of the molecule is C=CCNCC(=O)NCc1ccncc1C. The van der Waals surface area contributed by atoms with E-state index in [-0.39, 0.29) is 5.91 Å². The van der Waals surface area contributed by atoms with Crippen LogP contribution in [0.25, 0.3) is 0 Å². The second-order valence-electron chi connectivity index (χ2n) is 3.50. The van der Waals surface area contributed by atoms with Gasteiger partial charge in [-0.25, -0.2) is 0 Å². The predicted octanol–water partition coefficient (Wildman–Crippen LogP) is 0.782. The van der Waals surface area contributed by atoms with Crippen LogP contribution in [0.3, 0.4) is 0 Å². The lowest BCUT2D eigenvalue weighted by Crippen LogP contribution is -2.33. The molecule has 1 aromatic heterocycles. The van der Waals surface area contributed by atoms with E-state index in [2.05, 4.69) is 22.2 Å². The van der Waals surface area contributed by atoms with Crippen molar-refractivity contribution in [1.82, 2.24) is 15.6 Å². The van der Waals surface area contributed by atoms with E-state index in [0.29, 0.717) is 19.6 Å². The lowest BCUT2D eigenvalue weighted by molar-refractivity contribution is -0.120. The quantitative estimate of drug-likeness (QED) is 0.549. The molecule has 0 aliphatic carbocycles. The molecule has 0 unspecified atom stereocenters. The molecule has 0 atom stereocenters. The molecular weight excluding hydrogens is 202 g/mol. The van der Waals surface area contributed by atoms with Crippen LogP contribution in [-0.2, 0) is 11.3 Å². The van der Waals surface area contributed by atoms with Crippen molar-refractivity contribution < 1.29 is 4.79 Å². The molecule has 0 bridgehead atoms. The van der Waals surface area contributed by atoms with Gasteiger partial charge in [0.05, 0.1) is 6.54 Å². The van der Waals surface area contributed by atoms with Crippen molar-refractivity contribution in [2.24, 2.45) is 0 Å². The number of nitrogens with zero attached hydrogens (tertiary/aromatic N) is 1. The van der Waals surface area contributed by atoms with Crippen molar-refractivity contribution in [1.29, 1.82) is 0 Å². The van der Waals surface area contributed by atoms with Gasteiger partial charge in [-0.3, -0.25) is 9.78 Å². The predicted molar refractivity (Wildman–Crippen MR) is 63.9 cm³/mol. The molecule has 2 N–H and O–H groups in total. The molecule has 1 rings (SSSR count). The summed E-state index contributed by atoms with van der Waals surface area (Å²) in [5.74, 6) is -0.0157. The number of hydrogen-bond donors (Lipinski definition) is 2. The number of pyridine rings is 1. The Balaban J connectivity index is 2.31. The summed E-state index contributed by atoms with van der Waals surface area (Å²) >= 11 is 0. The molecule has 4 heteroatoms. The number of amides is 1. The van der Waals surface area contributed by atoms with Crippen LogP contribution >= 0.6 is 0 Å². The first kappa shape index (κ1) is 12.4. The molecule has 4 nitrogen and oxygen atoms in total. The van der Waals surface area contributed by atoms with Gasteiger partial charge in [-0.15, -0.1) is 6.58 Å². The molecule has 1 heterocycles. The van der Waals surface area contributed by atoms with Crippen LogP contribution in [0.2, 0.25) is 0 Å². The van der Waals surface area contributed by atoms with Crippen molar-refractivity contribution in [3.63, 3.8) is 0 Å². The van der Waals surface area contributed by atoms with Gasteiger partial charge in [-0.05, 0) is 24.1 Å². The lowest BCUT2D eigenvalue weighted by atomic mass is 10.1. The third kappa shape index (κ3) is 4.23. The molecule has 0 fully saturated rings. The molecule has 1 amide bonds. The zero-order chi connectivity index (χ0) is 11.8. The molecule has 0 aromatic carbocycles. The van der Waals surface area contributed by atoms with Gasteiger partial charge in [0.25, 0.3) is 0 Å². The average Bonchev–Trinajstić information content (AvgIpc) is 2.28. The fourth-order valence-electron chi connectivity index (χ4n) is 1.24. The smallest absolute Gasteiger partial charge is 0.234 e. The maximum atomic E-state index is 11.4. The lowest BCUT2D eigenvalue weighted by Gasteiger charge is -2.07. The van der Waals surface area contributed by atoms with Crippen LogP contribution in [0.4, 0.5) is 0 Å². The summed E-state index contributed by atoms with van der Waals surface area (Å²) in [6.07, 6.45) is 5.24. The molecule has 0 aliphatic rings. The highest BCUT2D eigenvalue weighted by Crippen LogP contribution is 2.03. The van der Waals surface area contributed by atoms with Gasteiger partial charge in [0.1, 0.15) is 0 Å². The minimum atomic E-state index is -0.0157. The number of hydrogen-bond acceptors (Lipinski definition) is 3. The number of nitrogens with one attached hydrogen (secondary N) is 2. The van der Waals surface area contributed by atoms with Crippen LogP contribution in [0.1, 0.15) is 11.1 Å². The third-order valence-electron chi connectivity index (χ3n) is 2.19. The van der Waals surface area contributed by atoms with E-state index in [0.717, 1.165) is 11.1 Å². The first-order chi connectivity index (χ1) is 7.74. The van der Waals surface area contributed by atoms with Crippen molar-refractivity contribution in [3.05, 3.63) is 42.2 Å². The second kappa shape index (κ2) is 6.74. The molecule has 0 spiro atoms. The summed E-state index contributed by atoms with van der Waals surface area (Å²) in [5, 5.41) is 5.78. The minimum absolute atomic E-state index is 0.0157. The number of aromatic nitrogens is 1. The Bertz CT molecular complexity index is 363.